The van der Waals surface area contributed by atoms with Gasteiger partial charge in [0, 0.05) is 19.5 Å². The van der Waals surface area contributed by atoms with Crippen molar-refractivity contribution >= 4 is 11.9 Å². The van der Waals surface area contributed by atoms with E-state index in [1.165, 1.54) is 24.3 Å². The molecular weight excluding hydrogens is 261 g/mol. The van der Waals surface area contributed by atoms with Gasteiger partial charge in [0.15, 0.2) is 0 Å². The highest BCUT2D eigenvalue weighted by molar-refractivity contribution is 5.85. The first-order chi connectivity index (χ1) is 9.58. The van der Waals surface area contributed by atoms with Gasteiger partial charge in [-0.05, 0) is 37.0 Å². The molecule has 0 bridgehead atoms. The van der Waals surface area contributed by atoms with Crippen molar-refractivity contribution in [1.82, 2.24) is 4.90 Å². The van der Waals surface area contributed by atoms with Gasteiger partial charge in [-0.2, -0.15) is 0 Å². The van der Waals surface area contributed by atoms with E-state index in [9.17, 15) is 19.1 Å². The largest absolute Gasteiger partial charge is 0.481 e. The first-order valence-electron chi connectivity index (χ1n) is 6.84. The molecule has 1 amide bonds. The number of hydrogen-bond acceptors (Lipinski definition) is 2. The Morgan fingerprint density at radius 1 is 1.15 bits per heavy atom. The Morgan fingerprint density at radius 3 is 2.30 bits per heavy atom. The van der Waals surface area contributed by atoms with Crippen LogP contribution in [0, 0.1) is 5.82 Å². The molecule has 0 saturated carbocycles. The Hall–Kier alpha value is -1.91. The molecule has 0 spiro atoms. The minimum Gasteiger partial charge on any atom is -0.481 e. The number of carboxylic acid groups (broad SMARTS) is 1. The first kappa shape index (κ1) is 14.5. The lowest BCUT2D eigenvalue weighted by atomic mass is 9.95. The lowest BCUT2D eigenvalue weighted by Crippen LogP contribution is -2.37. The van der Waals surface area contributed by atoms with Gasteiger partial charge in [-0.25, -0.2) is 4.39 Å². The Labute approximate surface area is 117 Å². The summed E-state index contributed by atoms with van der Waals surface area (Å²) in [5.74, 6) is -2.52. The van der Waals surface area contributed by atoms with Crippen LogP contribution in [-0.4, -0.2) is 35.0 Å². The van der Waals surface area contributed by atoms with E-state index in [0.717, 1.165) is 19.3 Å². The monoisotopic (exact) mass is 279 g/mol. The first-order valence-corrected chi connectivity index (χ1v) is 6.84. The van der Waals surface area contributed by atoms with Gasteiger partial charge in [0.1, 0.15) is 5.82 Å². The molecule has 0 radical (unpaired) electrons. The second kappa shape index (κ2) is 6.50. The van der Waals surface area contributed by atoms with Gasteiger partial charge in [-0.15, -0.1) is 0 Å². The summed E-state index contributed by atoms with van der Waals surface area (Å²) in [5, 5.41) is 9.28. The standard InChI is InChI=1S/C15H18FNO3/c16-12-6-4-11(5-7-12)13(15(19)20)10-14(18)17-8-2-1-3-9-17/h4-7,13H,1-3,8-10H2,(H,19,20). The molecule has 1 aliphatic heterocycles. The van der Waals surface area contributed by atoms with Gasteiger partial charge >= 0.3 is 5.97 Å². The van der Waals surface area contributed by atoms with Crippen LogP contribution < -0.4 is 0 Å². The molecule has 0 aliphatic carbocycles. The number of halogens is 1. The summed E-state index contributed by atoms with van der Waals surface area (Å²) in [7, 11) is 0. The summed E-state index contributed by atoms with van der Waals surface area (Å²) in [6.45, 7) is 1.41. The second-order valence-electron chi connectivity index (χ2n) is 5.09. The van der Waals surface area contributed by atoms with Crippen LogP contribution in [0.25, 0.3) is 0 Å². The zero-order valence-electron chi connectivity index (χ0n) is 11.2. The molecule has 2 rings (SSSR count). The zero-order chi connectivity index (χ0) is 14.5. The molecule has 1 fully saturated rings. The Kier molecular flexibility index (Phi) is 4.71. The number of benzene rings is 1. The molecular formula is C15H18FNO3. The molecule has 0 aromatic heterocycles. The maximum absolute atomic E-state index is 12.9. The Morgan fingerprint density at radius 2 is 1.75 bits per heavy atom. The van der Waals surface area contributed by atoms with Gasteiger partial charge in [0.25, 0.3) is 0 Å². The second-order valence-corrected chi connectivity index (χ2v) is 5.09. The fourth-order valence-electron chi connectivity index (χ4n) is 2.49. The smallest absolute Gasteiger partial charge is 0.311 e. The summed E-state index contributed by atoms with van der Waals surface area (Å²) in [6.07, 6.45) is 2.99. The number of aliphatic carboxylic acids is 1. The van der Waals surface area contributed by atoms with E-state index in [4.69, 9.17) is 0 Å². The molecule has 1 heterocycles. The number of nitrogens with zero attached hydrogens (tertiary/aromatic N) is 1. The third kappa shape index (κ3) is 3.56. The lowest BCUT2D eigenvalue weighted by Gasteiger charge is -2.27. The van der Waals surface area contributed by atoms with Crippen LogP contribution in [0.5, 0.6) is 0 Å². The third-order valence-corrected chi connectivity index (χ3v) is 3.66. The number of hydrogen-bond donors (Lipinski definition) is 1. The SMILES string of the molecule is O=C(O)C(CC(=O)N1CCCCC1)c1ccc(F)cc1. The van der Waals surface area contributed by atoms with Crippen molar-refractivity contribution in [3.63, 3.8) is 0 Å². The van der Waals surface area contributed by atoms with Crippen LogP contribution in [-0.2, 0) is 9.59 Å². The summed E-state index contributed by atoms with van der Waals surface area (Å²) in [5.41, 5.74) is 0.462. The van der Waals surface area contributed by atoms with Crippen molar-refractivity contribution in [3.8, 4) is 0 Å². The number of amides is 1. The van der Waals surface area contributed by atoms with E-state index in [2.05, 4.69) is 0 Å². The summed E-state index contributed by atoms with van der Waals surface area (Å²) in [6, 6.07) is 5.29. The van der Waals surface area contributed by atoms with Crippen molar-refractivity contribution in [1.29, 1.82) is 0 Å². The van der Waals surface area contributed by atoms with Crippen LogP contribution in [0.1, 0.15) is 37.2 Å². The van der Waals surface area contributed by atoms with Crippen molar-refractivity contribution in [3.05, 3.63) is 35.6 Å². The van der Waals surface area contributed by atoms with E-state index in [0.29, 0.717) is 18.7 Å². The Balaban J connectivity index is 2.07. The van der Waals surface area contributed by atoms with Crippen LogP contribution in [0.2, 0.25) is 0 Å². The fourth-order valence-corrected chi connectivity index (χ4v) is 2.49. The lowest BCUT2D eigenvalue weighted by molar-refractivity contribution is -0.143. The maximum Gasteiger partial charge on any atom is 0.311 e. The zero-order valence-corrected chi connectivity index (χ0v) is 11.2. The number of piperidine rings is 1. The molecule has 4 nitrogen and oxygen atoms in total. The van der Waals surface area contributed by atoms with Crippen molar-refractivity contribution in [2.75, 3.05) is 13.1 Å². The number of likely N-dealkylation sites (tertiary alicyclic amines) is 1. The van der Waals surface area contributed by atoms with Crippen LogP contribution in [0.15, 0.2) is 24.3 Å². The molecule has 1 saturated heterocycles. The van der Waals surface area contributed by atoms with E-state index in [-0.39, 0.29) is 12.3 Å². The molecule has 1 N–H and O–H groups in total. The van der Waals surface area contributed by atoms with Crippen molar-refractivity contribution < 1.29 is 19.1 Å². The minimum atomic E-state index is -1.05. The van der Waals surface area contributed by atoms with Crippen molar-refractivity contribution in [2.45, 2.75) is 31.6 Å². The van der Waals surface area contributed by atoms with Gasteiger partial charge < -0.3 is 10.0 Å². The average molecular weight is 279 g/mol. The highest BCUT2D eigenvalue weighted by Gasteiger charge is 2.26. The van der Waals surface area contributed by atoms with Crippen LogP contribution in [0.4, 0.5) is 4.39 Å². The molecule has 1 aromatic carbocycles. The van der Waals surface area contributed by atoms with E-state index < -0.39 is 17.7 Å². The predicted molar refractivity (Wildman–Crippen MR) is 71.8 cm³/mol. The van der Waals surface area contributed by atoms with Crippen LogP contribution in [0.3, 0.4) is 0 Å². The van der Waals surface area contributed by atoms with E-state index >= 15 is 0 Å². The van der Waals surface area contributed by atoms with Crippen LogP contribution >= 0.6 is 0 Å². The Bertz CT molecular complexity index is 480. The van der Waals surface area contributed by atoms with E-state index in [1.807, 2.05) is 0 Å². The highest BCUT2D eigenvalue weighted by Crippen LogP contribution is 2.22. The predicted octanol–water partition coefficient (Wildman–Crippen LogP) is 2.40. The van der Waals surface area contributed by atoms with Gasteiger partial charge in [0.05, 0.1) is 5.92 Å². The highest BCUT2D eigenvalue weighted by atomic mass is 19.1. The molecule has 1 aromatic rings. The number of rotatable bonds is 4. The van der Waals surface area contributed by atoms with E-state index in [1.54, 1.807) is 4.90 Å². The maximum atomic E-state index is 12.9. The minimum absolute atomic E-state index is 0.0685. The average Bonchev–Trinajstić information content (AvgIpc) is 2.46. The molecule has 108 valence electrons. The molecule has 1 aliphatic rings. The summed E-state index contributed by atoms with van der Waals surface area (Å²) >= 11 is 0. The van der Waals surface area contributed by atoms with Gasteiger partial charge in [0.2, 0.25) is 5.91 Å². The normalized spacial score (nSPS) is 16.8. The number of carbonyl (C=O) groups is 2. The fraction of sp³-hybridized carbons (Fsp3) is 0.467. The third-order valence-electron chi connectivity index (χ3n) is 3.66. The van der Waals surface area contributed by atoms with Crippen molar-refractivity contribution in [2.24, 2.45) is 0 Å². The molecule has 1 unspecified atom stereocenters. The van der Waals surface area contributed by atoms with Gasteiger partial charge in [-0.3, -0.25) is 9.59 Å². The van der Waals surface area contributed by atoms with Gasteiger partial charge in [-0.1, -0.05) is 12.1 Å². The molecule has 1 atom stereocenters. The summed E-state index contributed by atoms with van der Waals surface area (Å²) < 4.78 is 12.9. The summed E-state index contributed by atoms with van der Waals surface area (Å²) in [4.78, 5) is 25.2. The number of carboxylic acids is 1. The molecule has 20 heavy (non-hydrogen) atoms. The topological polar surface area (TPSA) is 57.6 Å². The number of carbonyl (C=O) groups excluding carboxylic acids is 1. The molecule has 5 heteroatoms. The quantitative estimate of drug-likeness (QED) is 0.920.